The predicted octanol–water partition coefficient (Wildman–Crippen LogP) is 0.881. The van der Waals surface area contributed by atoms with Gasteiger partial charge >= 0.3 is 0 Å². The molecule has 0 spiro atoms. The normalized spacial score (nSPS) is 14.7. The summed E-state index contributed by atoms with van der Waals surface area (Å²) in [7, 11) is 1.71. The van der Waals surface area contributed by atoms with Crippen LogP contribution in [0.15, 0.2) is 53.8 Å². The first-order chi connectivity index (χ1) is 13.8. The van der Waals surface area contributed by atoms with Crippen LogP contribution < -0.4 is 15.5 Å². The van der Waals surface area contributed by atoms with E-state index in [1.165, 1.54) is 0 Å². The number of pyridine rings is 2. The molecular formula is C20H27N7O. The summed E-state index contributed by atoms with van der Waals surface area (Å²) < 4.78 is 0. The van der Waals surface area contributed by atoms with Gasteiger partial charge in [-0.1, -0.05) is 12.1 Å². The molecule has 3 rings (SSSR count). The van der Waals surface area contributed by atoms with E-state index in [1.807, 2.05) is 41.3 Å². The molecule has 2 aromatic rings. The van der Waals surface area contributed by atoms with Crippen LogP contribution >= 0.6 is 0 Å². The Morgan fingerprint density at radius 1 is 1.04 bits per heavy atom. The Balaban J connectivity index is 1.36. The van der Waals surface area contributed by atoms with Crippen molar-refractivity contribution in [3.05, 3.63) is 54.5 Å². The summed E-state index contributed by atoms with van der Waals surface area (Å²) in [6.45, 7) is 4.20. The standard InChI is InChI=1S/C20H27N7O/c1-21-20(25-16-17-6-2-4-9-22-17)24-11-8-19(28)27-14-12-26(13-15-27)18-7-3-5-10-23-18/h2-7,9-10H,8,11-16H2,1H3,(H2,21,24,25). The maximum Gasteiger partial charge on any atom is 0.224 e. The third kappa shape index (κ3) is 5.67. The summed E-state index contributed by atoms with van der Waals surface area (Å²) in [6.07, 6.45) is 4.00. The van der Waals surface area contributed by atoms with Crippen molar-refractivity contribution in [2.45, 2.75) is 13.0 Å². The van der Waals surface area contributed by atoms with Crippen molar-refractivity contribution in [3.63, 3.8) is 0 Å². The van der Waals surface area contributed by atoms with Gasteiger partial charge in [0.25, 0.3) is 0 Å². The van der Waals surface area contributed by atoms with Gasteiger partial charge in [0.1, 0.15) is 5.82 Å². The first-order valence-corrected chi connectivity index (χ1v) is 9.54. The Kier molecular flexibility index (Phi) is 7.17. The number of aliphatic imine (C=N–C) groups is 1. The van der Waals surface area contributed by atoms with E-state index in [2.05, 4.69) is 30.5 Å². The van der Waals surface area contributed by atoms with Crippen molar-refractivity contribution in [2.24, 2.45) is 4.99 Å². The van der Waals surface area contributed by atoms with Gasteiger partial charge in [0, 0.05) is 58.6 Å². The maximum atomic E-state index is 12.5. The van der Waals surface area contributed by atoms with E-state index in [0.717, 1.165) is 37.7 Å². The monoisotopic (exact) mass is 381 g/mol. The van der Waals surface area contributed by atoms with Crippen LogP contribution in [0.4, 0.5) is 5.82 Å². The highest BCUT2D eigenvalue weighted by Crippen LogP contribution is 2.12. The second-order valence-electron chi connectivity index (χ2n) is 6.48. The minimum atomic E-state index is 0.161. The molecule has 1 fully saturated rings. The van der Waals surface area contributed by atoms with Crippen LogP contribution in [0.3, 0.4) is 0 Å². The summed E-state index contributed by atoms with van der Waals surface area (Å²) in [5, 5.41) is 6.39. The molecule has 8 heteroatoms. The quantitative estimate of drug-likeness (QED) is 0.571. The Morgan fingerprint density at radius 3 is 2.43 bits per heavy atom. The van der Waals surface area contributed by atoms with Crippen LogP contribution in [0.2, 0.25) is 0 Å². The molecular weight excluding hydrogens is 354 g/mol. The lowest BCUT2D eigenvalue weighted by molar-refractivity contribution is -0.131. The van der Waals surface area contributed by atoms with E-state index in [1.54, 1.807) is 19.4 Å². The molecule has 1 saturated heterocycles. The van der Waals surface area contributed by atoms with Crippen LogP contribution in [-0.2, 0) is 11.3 Å². The number of aromatic nitrogens is 2. The van der Waals surface area contributed by atoms with Gasteiger partial charge in [0.05, 0.1) is 12.2 Å². The number of amides is 1. The van der Waals surface area contributed by atoms with Crippen molar-refractivity contribution in [3.8, 4) is 0 Å². The number of piperazine rings is 1. The van der Waals surface area contributed by atoms with Gasteiger partial charge in [-0.3, -0.25) is 14.8 Å². The number of hydrogen-bond acceptors (Lipinski definition) is 5. The SMILES string of the molecule is CN=C(NCCC(=O)N1CCN(c2ccccn2)CC1)NCc1ccccn1. The van der Waals surface area contributed by atoms with Crippen molar-refractivity contribution in [1.82, 2.24) is 25.5 Å². The molecule has 0 radical (unpaired) electrons. The highest BCUT2D eigenvalue weighted by molar-refractivity contribution is 5.81. The number of guanidine groups is 1. The van der Waals surface area contributed by atoms with E-state index < -0.39 is 0 Å². The Bertz CT molecular complexity index is 759. The van der Waals surface area contributed by atoms with Crippen molar-refractivity contribution < 1.29 is 4.79 Å². The minimum absolute atomic E-state index is 0.161. The molecule has 1 aliphatic heterocycles. The van der Waals surface area contributed by atoms with Crippen molar-refractivity contribution in [2.75, 3.05) is 44.7 Å². The molecule has 0 saturated carbocycles. The molecule has 0 bridgehead atoms. The van der Waals surface area contributed by atoms with Gasteiger partial charge in [0.2, 0.25) is 5.91 Å². The molecule has 3 heterocycles. The molecule has 2 aromatic heterocycles. The molecule has 0 atom stereocenters. The third-order valence-corrected chi connectivity index (χ3v) is 4.62. The fraction of sp³-hybridized carbons (Fsp3) is 0.400. The molecule has 0 unspecified atom stereocenters. The minimum Gasteiger partial charge on any atom is -0.356 e. The average molecular weight is 381 g/mol. The number of nitrogens with zero attached hydrogens (tertiary/aromatic N) is 5. The highest BCUT2D eigenvalue weighted by Gasteiger charge is 2.21. The van der Waals surface area contributed by atoms with Crippen LogP contribution in [0, 0.1) is 0 Å². The van der Waals surface area contributed by atoms with Crippen LogP contribution in [0.1, 0.15) is 12.1 Å². The summed E-state index contributed by atoms with van der Waals surface area (Å²) >= 11 is 0. The third-order valence-electron chi connectivity index (χ3n) is 4.62. The molecule has 28 heavy (non-hydrogen) atoms. The average Bonchev–Trinajstić information content (AvgIpc) is 2.77. The Hall–Kier alpha value is -3.16. The number of rotatable bonds is 6. The van der Waals surface area contributed by atoms with Gasteiger partial charge in [-0.05, 0) is 24.3 Å². The zero-order valence-electron chi connectivity index (χ0n) is 16.2. The lowest BCUT2D eigenvalue weighted by atomic mass is 10.2. The van der Waals surface area contributed by atoms with Gasteiger partial charge in [-0.15, -0.1) is 0 Å². The Labute approximate surface area is 165 Å². The lowest BCUT2D eigenvalue weighted by Crippen LogP contribution is -2.49. The summed E-state index contributed by atoms with van der Waals surface area (Å²) in [6, 6.07) is 11.7. The fourth-order valence-electron chi connectivity index (χ4n) is 3.07. The number of anilines is 1. The fourth-order valence-corrected chi connectivity index (χ4v) is 3.07. The van der Waals surface area contributed by atoms with E-state index in [4.69, 9.17) is 0 Å². The maximum absolute atomic E-state index is 12.5. The van der Waals surface area contributed by atoms with Gasteiger partial charge in [-0.25, -0.2) is 4.98 Å². The molecule has 8 nitrogen and oxygen atoms in total. The van der Waals surface area contributed by atoms with Gasteiger partial charge < -0.3 is 20.4 Å². The van der Waals surface area contributed by atoms with Gasteiger partial charge in [-0.2, -0.15) is 0 Å². The largest absolute Gasteiger partial charge is 0.356 e. The number of hydrogen-bond donors (Lipinski definition) is 2. The van der Waals surface area contributed by atoms with Gasteiger partial charge in [0.15, 0.2) is 5.96 Å². The summed E-state index contributed by atoms with van der Waals surface area (Å²) in [4.78, 5) is 29.4. The zero-order valence-corrected chi connectivity index (χ0v) is 16.2. The first kappa shape index (κ1) is 19.6. The van der Waals surface area contributed by atoms with E-state index in [9.17, 15) is 4.79 Å². The van der Waals surface area contributed by atoms with E-state index in [0.29, 0.717) is 25.5 Å². The summed E-state index contributed by atoms with van der Waals surface area (Å²) in [5.41, 5.74) is 0.937. The molecule has 1 amide bonds. The predicted molar refractivity (Wildman–Crippen MR) is 110 cm³/mol. The zero-order chi connectivity index (χ0) is 19.6. The second-order valence-corrected chi connectivity index (χ2v) is 6.48. The first-order valence-electron chi connectivity index (χ1n) is 9.54. The number of nitrogens with one attached hydrogen (secondary N) is 2. The van der Waals surface area contributed by atoms with Crippen LogP contribution in [-0.4, -0.2) is 66.5 Å². The van der Waals surface area contributed by atoms with Crippen molar-refractivity contribution >= 4 is 17.7 Å². The topological polar surface area (TPSA) is 85.8 Å². The van der Waals surface area contributed by atoms with Crippen LogP contribution in [0.5, 0.6) is 0 Å². The molecule has 1 aliphatic rings. The second kappa shape index (κ2) is 10.2. The van der Waals surface area contributed by atoms with Crippen LogP contribution in [0.25, 0.3) is 0 Å². The molecule has 0 aliphatic carbocycles. The Morgan fingerprint density at radius 2 is 1.79 bits per heavy atom. The number of carbonyl (C=O) groups is 1. The lowest BCUT2D eigenvalue weighted by Gasteiger charge is -2.35. The van der Waals surface area contributed by atoms with E-state index in [-0.39, 0.29) is 5.91 Å². The summed E-state index contributed by atoms with van der Waals surface area (Å²) in [5.74, 6) is 1.80. The van der Waals surface area contributed by atoms with Crippen molar-refractivity contribution in [1.29, 1.82) is 0 Å². The molecule has 0 aromatic carbocycles. The van der Waals surface area contributed by atoms with E-state index >= 15 is 0 Å². The number of carbonyl (C=O) groups excluding carboxylic acids is 1. The smallest absolute Gasteiger partial charge is 0.224 e. The molecule has 2 N–H and O–H groups in total. The molecule has 148 valence electrons. The highest BCUT2D eigenvalue weighted by atomic mass is 16.2.